The number of allylic oxidation sites excluding steroid dienone is 19. The molecule has 0 unspecified atom stereocenters. The van der Waals surface area contributed by atoms with Crippen molar-refractivity contribution in [2.24, 2.45) is 0 Å². The maximum atomic E-state index is 5.23. The van der Waals surface area contributed by atoms with Crippen molar-refractivity contribution in [2.45, 2.75) is 51.9 Å². The van der Waals surface area contributed by atoms with Gasteiger partial charge in [-0.1, -0.05) is 161 Å². The van der Waals surface area contributed by atoms with Gasteiger partial charge in [-0.2, -0.15) is 0 Å². The number of hydrogen-bond acceptors (Lipinski definition) is 0. The van der Waals surface area contributed by atoms with Gasteiger partial charge in [-0.25, -0.2) is 0 Å². The van der Waals surface area contributed by atoms with Crippen LogP contribution in [0.1, 0.15) is 51.9 Å². The van der Waals surface area contributed by atoms with Gasteiger partial charge in [0.15, 0.2) is 0 Å². The molecule has 1 radical (unpaired) electrons. The lowest BCUT2D eigenvalue weighted by Gasteiger charge is -1.97. The third-order valence-corrected chi connectivity index (χ3v) is 3.75. The molecule has 0 heterocycles. The summed E-state index contributed by atoms with van der Waals surface area (Å²) < 4.78 is 0. The van der Waals surface area contributed by atoms with Gasteiger partial charge in [0, 0.05) is 0 Å². The molecule has 0 fully saturated rings. The second-order valence-electron chi connectivity index (χ2n) is 6.26. The minimum absolute atomic E-state index is 1.19. The number of rotatable bonds is 16. The molecule has 0 atom stereocenters. The minimum Gasteiger partial charge on any atom is -0.0845 e. The van der Waals surface area contributed by atoms with E-state index in [1.165, 1.54) is 51.0 Å². The van der Waals surface area contributed by atoms with Crippen LogP contribution < -0.4 is 0 Å². The van der Waals surface area contributed by atoms with Crippen molar-refractivity contribution in [3.8, 4) is 0 Å². The van der Waals surface area contributed by atoms with Crippen molar-refractivity contribution in [3.63, 3.8) is 0 Å². The first-order chi connectivity index (χ1) is 13.9. The maximum Gasteiger partial charge on any atom is -0.0348 e. The lowest BCUT2D eigenvalue weighted by Crippen LogP contribution is -1.77. The first-order valence-electron chi connectivity index (χ1n) is 10.4. The Labute approximate surface area is 174 Å². The van der Waals surface area contributed by atoms with Crippen LogP contribution in [0.4, 0.5) is 0 Å². The fraction of sp³-hybridized carbons (Fsp3) is 0.286. The van der Waals surface area contributed by atoms with Crippen molar-refractivity contribution < 1.29 is 0 Å². The van der Waals surface area contributed by atoms with E-state index in [-0.39, 0.29) is 0 Å². The van der Waals surface area contributed by atoms with Crippen LogP contribution in [-0.4, -0.2) is 0 Å². The quantitative estimate of drug-likeness (QED) is 0.187. The normalized spacial score (nSPS) is 13.8. The summed E-state index contributed by atoms with van der Waals surface area (Å²) in [6.45, 7) is 7.49. The van der Waals surface area contributed by atoms with E-state index in [0.29, 0.717) is 0 Å². The van der Waals surface area contributed by atoms with Crippen LogP contribution in [0.25, 0.3) is 0 Å². The van der Waals surface area contributed by atoms with Gasteiger partial charge in [-0.3, -0.25) is 0 Å². The Bertz CT molecular complexity index is 598. The van der Waals surface area contributed by atoms with Gasteiger partial charge < -0.3 is 0 Å². The maximum absolute atomic E-state index is 5.23. The molecule has 0 saturated carbocycles. The van der Waals surface area contributed by atoms with Crippen molar-refractivity contribution in [1.29, 1.82) is 0 Å². The zero-order chi connectivity index (χ0) is 20.4. The van der Waals surface area contributed by atoms with E-state index in [1.807, 2.05) is 79.0 Å². The Morgan fingerprint density at radius 3 is 1.21 bits per heavy atom. The largest absolute Gasteiger partial charge is 0.0845 e. The molecule has 0 aliphatic heterocycles. The summed E-state index contributed by atoms with van der Waals surface area (Å²) in [6.07, 6.45) is 47.0. The molecule has 0 rings (SSSR count). The topological polar surface area (TPSA) is 0 Å². The average molecular weight is 374 g/mol. The third-order valence-electron chi connectivity index (χ3n) is 3.75. The zero-order valence-electron chi connectivity index (χ0n) is 17.5. The molecular formula is C28H37. The molecular weight excluding hydrogens is 336 g/mol. The average Bonchev–Trinajstić information content (AvgIpc) is 2.71. The van der Waals surface area contributed by atoms with E-state index < -0.39 is 0 Å². The fourth-order valence-electron chi connectivity index (χ4n) is 2.24. The summed E-state index contributed by atoms with van der Waals surface area (Å²) in [7, 11) is 0. The fourth-order valence-corrected chi connectivity index (χ4v) is 2.24. The highest BCUT2D eigenvalue weighted by molar-refractivity contribution is 5.22. The monoisotopic (exact) mass is 373 g/mol. The molecule has 0 aromatic heterocycles. The van der Waals surface area contributed by atoms with Crippen LogP contribution in [0.2, 0.25) is 0 Å². The van der Waals surface area contributed by atoms with Gasteiger partial charge in [0.2, 0.25) is 0 Å². The standard InChI is InChI=1S/C28H37/c1-3-5-7-9-11-13-15-17-19-21-23-25-27-28-26-24-22-20-18-16-14-12-10-8-6-4-2/h1,3,5,7,9,11,13,15,17-28H,4,6,8,10,12,14,16H2,2H3/b3-1?,7-5+,11-9+,15-13+,19-17+,20-18+,23-21+,24-22+,27-25+,28-26+. The minimum atomic E-state index is 1.19. The Morgan fingerprint density at radius 1 is 0.429 bits per heavy atom. The van der Waals surface area contributed by atoms with E-state index in [9.17, 15) is 0 Å². The molecule has 0 aromatic carbocycles. The van der Waals surface area contributed by atoms with Gasteiger partial charge in [0.1, 0.15) is 0 Å². The van der Waals surface area contributed by atoms with E-state index in [0.717, 1.165) is 0 Å². The molecule has 0 N–H and O–H groups in total. The predicted octanol–water partition coefficient (Wildman–Crippen LogP) is 8.73. The summed E-state index contributed by atoms with van der Waals surface area (Å²) >= 11 is 0. The predicted molar refractivity (Wildman–Crippen MR) is 129 cm³/mol. The Hall–Kier alpha value is -2.60. The molecule has 0 aliphatic carbocycles. The van der Waals surface area contributed by atoms with E-state index in [4.69, 9.17) is 6.58 Å². The van der Waals surface area contributed by atoms with Gasteiger partial charge in [-0.05, 0) is 12.8 Å². The van der Waals surface area contributed by atoms with Gasteiger partial charge in [0.05, 0.1) is 0 Å². The Morgan fingerprint density at radius 2 is 0.786 bits per heavy atom. The van der Waals surface area contributed by atoms with E-state index in [1.54, 1.807) is 6.08 Å². The molecule has 0 amide bonds. The van der Waals surface area contributed by atoms with Crippen LogP contribution >= 0.6 is 0 Å². The first-order valence-corrected chi connectivity index (χ1v) is 10.4. The number of hydrogen-bond donors (Lipinski definition) is 0. The van der Waals surface area contributed by atoms with Crippen LogP contribution in [0.15, 0.2) is 115 Å². The molecule has 0 spiro atoms. The van der Waals surface area contributed by atoms with Crippen molar-refractivity contribution in [3.05, 3.63) is 122 Å². The van der Waals surface area contributed by atoms with Crippen molar-refractivity contribution in [2.75, 3.05) is 0 Å². The van der Waals surface area contributed by atoms with Crippen LogP contribution in [0, 0.1) is 6.58 Å². The molecule has 149 valence electrons. The summed E-state index contributed by atoms with van der Waals surface area (Å²) in [6, 6.07) is 0. The van der Waals surface area contributed by atoms with Gasteiger partial charge in [0.25, 0.3) is 0 Å². The van der Waals surface area contributed by atoms with Gasteiger partial charge >= 0.3 is 0 Å². The highest BCUT2D eigenvalue weighted by Crippen LogP contribution is 2.07. The highest BCUT2D eigenvalue weighted by atomic mass is 13.9. The van der Waals surface area contributed by atoms with E-state index >= 15 is 0 Å². The second-order valence-corrected chi connectivity index (χ2v) is 6.26. The van der Waals surface area contributed by atoms with Gasteiger partial charge in [-0.15, -0.1) is 0 Å². The van der Waals surface area contributed by atoms with Crippen molar-refractivity contribution in [1.82, 2.24) is 0 Å². The third kappa shape index (κ3) is 23.4. The smallest absolute Gasteiger partial charge is 0.0348 e. The summed E-state index contributed by atoms with van der Waals surface area (Å²) in [5, 5.41) is 0. The van der Waals surface area contributed by atoms with Crippen LogP contribution in [-0.2, 0) is 0 Å². The lowest BCUT2D eigenvalue weighted by molar-refractivity contribution is 0.611. The number of unbranched alkanes of at least 4 members (excludes halogenated alkanes) is 6. The second kappa shape index (κ2) is 24.4. The molecule has 0 aliphatic rings. The van der Waals surface area contributed by atoms with Crippen LogP contribution in [0.3, 0.4) is 0 Å². The molecule has 0 bridgehead atoms. The molecule has 28 heavy (non-hydrogen) atoms. The zero-order valence-corrected chi connectivity index (χ0v) is 17.5. The summed E-state index contributed by atoms with van der Waals surface area (Å²) in [4.78, 5) is 0. The summed E-state index contributed by atoms with van der Waals surface area (Å²) in [5.41, 5.74) is 0. The molecule has 0 nitrogen and oxygen atoms in total. The van der Waals surface area contributed by atoms with Crippen LogP contribution in [0.5, 0.6) is 0 Å². The Kier molecular flexibility index (Phi) is 22.1. The van der Waals surface area contributed by atoms with Crippen molar-refractivity contribution >= 4 is 0 Å². The Balaban J connectivity index is 3.73. The summed E-state index contributed by atoms with van der Waals surface area (Å²) in [5.74, 6) is 0. The SMILES string of the molecule is [CH]=C/C=C/C=C/C=C/C=C/C=C/C=C/C=C/C=C/C=C/CCCCCCCC. The molecule has 0 aromatic rings. The first kappa shape index (κ1) is 25.4. The highest BCUT2D eigenvalue weighted by Gasteiger charge is 1.87. The molecule has 0 saturated heterocycles. The lowest BCUT2D eigenvalue weighted by atomic mass is 10.1. The molecule has 0 heteroatoms. The van der Waals surface area contributed by atoms with E-state index in [2.05, 4.69) is 31.2 Å².